The van der Waals surface area contributed by atoms with Gasteiger partial charge in [-0.15, -0.1) is 0 Å². The highest BCUT2D eigenvalue weighted by Gasteiger charge is 2.54. The molecule has 4 aliphatic rings. The lowest BCUT2D eigenvalue weighted by atomic mass is 9.94. The zero-order valence-electron chi connectivity index (χ0n) is 33.2. The molecule has 24 atom stereocenters. The summed E-state index contributed by atoms with van der Waals surface area (Å²) in [5.41, 5.74) is 0. The van der Waals surface area contributed by atoms with Gasteiger partial charge in [0.1, 0.15) is 110 Å². The maximum absolute atomic E-state index is 12.4. The first-order chi connectivity index (χ1) is 28.7. The molecule has 0 radical (unpaired) electrons. The molecule has 0 aromatic heterocycles. The SMILES string of the molecule is CC(=O)N[C@@H](CO)[C@@H](O)[C@H](OC1O[C@H](CO)[C@@H](OC2O[C@H](COC3O[C@H](CO)[C@@H](O)[C@H](O)[C@@H]3O)[C@@H](O)[C@H](O)[C@@H]2O)[C@H](O)[C@H]1NC(C)=O)[C@H](O)COC1O[C@@H](C)[C@@H](O)[C@@H](O)[C@@H]1O. The van der Waals surface area contributed by atoms with E-state index < -0.39 is 192 Å². The van der Waals surface area contributed by atoms with E-state index in [4.69, 9.17) is 37.9 Å². The second-order valence-electron chi connectivity index (χ2n) is 15.3. The van der Waals surface area contributed by atoms with Crippen LogP contribution in [0.4, 0.5) is 0 Å². The van der Waals surface area contributed by atoms with Crippen molar-refractivity contribution in [3.05, 3.63) is 0 Å². The van der Waals surface area contributed by atoms with Crippen LogP contribution in [0.1, 0.15) is 20.8 Å². The molecule has 17 N–H and O–H groups in total. The Balaban J connectivity index is 1.55. The first kappa shape index (κ1) is 51.7. The molecule has 0 aliphatic carbocycles. The van der Waals surface area contributed by atoms with Gasteiger partial charge < -0.3 is 125 Å². The molecule has 4 heterocycles. The van der Waals surface area contributed by atoms with Crippen LogP contribution in [-0.4, -0.2) is 269 Å². The summed E-state index contributed by atoms with van der Waals surface area (Å²) in [6, 6.07) is -3.29. The second-order valence-corrected chi connectivity index (χ2v) is 15.3. The lowest BCUT2D eigenvalue weighted by Gasteiger charge is -2.48. The number of nitrogens with one attached hydrogen (secondary N) is 2. The molecule has 27 nitrogen and oxygen atoms in total. The van der Waals surface area contributed by atoms with Gasteiger partial charge in [0.25, 0.3) is 0 Å². The highest BCUT2D eigenvalue weighted by Crippen LogP contribution is 2.32. The average Bonchev–Trinajstić information content (AvgIpc) is 3.22. The number of aliphatic hydroxyl groups is 15. The third-order valence-corrected chi connectivity index (χ3v) is 10.7. The molecular formula is C34H60N2O25. The largest absolute Gasteiger partial charge is 0.394 e. The molecule has 4 fully saturated rings. The lowest BCUT2D eigenvalue weighted by molar-refractivity contribution is -0.361. The van der Waals surface area contributed by atoms with E-state index in [-0.39, 0.29) is 0 Å². The van der Waals surface area contributed by atoms with Crippen molar-refractivity contribution < 1.29 is 124 Å². The molecule has 0 bridgehead atoms. The minimum atomic E-state index is -2.07. The molecular weight excluding hydrogens is 836 g/mol. The zero-order valence-corrected chi connectivity index (χ0v) is 33.2. The van der Waals surface area contributed by atoms with Crippen LogP contribution in [-0.2, 0) is 47.5 Å². The van der Waals surface area contributed by atoms with E-state index in [1.807, 2.05) is 0 Å². The summed E-state index contributed by atoms with van der Waals surface area (Å²) in [6.45, 7) is -0.936. The predicted molar refractivity (Wildman–Crippen MR) is 191 cm³/mol. The maximum Gasteiger partial charge on any atom is 0.217 e. The molecule has 0 aromatic carbocycles. The molecule has 4 aliphatic heterocycles. The van der Waals surface area contributed by atoms with E-state index in [1.54, 1.807) is 0 Å². The Morgan fingerprint density at radius 1 is 0.607 bits per heavy atom. The van der Waals surface area contributed by atoms with Gasteiger partial charge in [0, 0.05) is 13.8 Å². The fraction of sp³-hybridized carbons (Fsp3) is 0.941. The summed E-state index contributed by atoms with van der Waals surface area (Å²) in [6.07, 6.45) is -39.3. The number of hydrogen-bond donors (Lipinski definition) is 17. The molecule has 0 spiro atoms. The van der Waals surface area contributed by atoms with Gasteiger partial charge in [0.2, 0.25) is 11.8 Å². The van der Waals surface area contributed by atoms with Crippen molar-refractivity contribution in [2.75, 3.05) is 33.0 Å². The summed E-state index contributed by atoms with van der Waals surface area (Å²) >= 11 is 0. The number of hydrogen-bond acceptors (Lipinski definition) is 25. The predicted octanol–water partition coefficient (Wildman–Crippen LogP) is -11.0. The zero-order chi connectivity index (χ0) is 45.6. The summed E-state index contributed by atoms with van der Waals surface area (Å²) in [7, 11) is 0. The van der Waals surface area contributed by atoms with E-state index in [0.717, 1.165) is 13.8 Å². The number of carbonyl (C=O) groups excluding carboxylic acids is 2. The van der Waals surface area contributed by atoms with Gasteiger partial charge in [-0.2, -0.15) is 0 Å². The monoisotopic (exact) mass is 896 g/mol. The van der Waals surface area contributed by atoms with E-state index in [0.29, 0.717) is 0 Å². The number of rotatable bonds is 18. The minimum absolute atomic E-state index is 0.740. The Kier molecular flexibility index (Phi) is 19.3. The smallest absolute Gasteiger partial charge is 0.217 e. The van der Waals surface area contributed by atoms with Crippen LogP contribution in [0.5, 0.6) is 0 Å². The van der Waals surface area contributed by atoms with Gasteiger partial charge in [-0.05, 0) is 6.92 Å². The van der Waals surface area contributed by atoms with E-state index in [2.05, 4.69) is 10.6 Å². The Morgan fingerprint density at radius 2 is 1.13 bits per heavy atom. The van der Waals surface area contributed by atoms with Gasteiger partial charge in [-0.3, -0.25) is 9.59 Å². The van der Waals surface area contributed by atoms with Crippen LogP contribution in [0, 0.1) is 0 Å². The van der Waals surface area contributed by atoms with Crippen LogP contribution in [0.2, 0.25) is 0 Å². The van der Waals surface area contributed by atoms with Gasteiger partial charge in [0.15, 0.2) is 25.2 Å². The van der Waals surface area contributed by atoms with E-state index in [9.17, 15) is 86.2 Å². The molecule has 4 saturated heterocycles. The van der Waals surface area contributed by atoms with Crippen molar-refractivity contribution in [2.45, 2.75) is 168 Å². The minimum Gasteiger partial charge on any atom is -0.394 e. The fourth-order valence-corrected chi connectivity index (χ4v) is 7.18. The molecule has 4 unspecified atom stereocenters. The molecule has 27 heteroatoms. The van der Waals surface area contributed by atoms with Crippen molar-refractivity contribution in [1.29, 1.82) is 0 Å². The first-order valence-electron chi connectivity index (χ1n) is 19.4. The van der Waals surface area contributed by atoms with Crippen molar-refractivity contribution in [2.24, 2.45) is 0 Å². The topological polar surface area (TPSA) is 435 Å². The third-order valence-electron chi connectivity index (χ3n) is 10.7. The van der Waals surface area contributed by atoms with Gasteiger partial charge in [0.05, 0.1) is 45.2 Å². The van der Waals surface area contributed by atoms with Crippen LogP contribution in [0.3, 0.4) is 0 Å². The van der Waals surface area contributed by atoms with Crippen molar-refractivity contribution >= 4 is 11.8 Å². The maximum atomic E-state index is 12.4. The van der Waals surface area contributed by atoms with Crippen LogP contribution in [0.25, 0.3) is 0 Å². The third kappa shape index (κ3) is 12.2. The van der Waals surface area contributed by atoms with Crippen molar-refractivity contribution in [3.8, 4) is 0 Å². The lowest BCUT2D eigenvalue weighted by Crippen LogP contribution is -2.69. The van der Waals surface area contributed by atoms with Crippen LogP contribution < -0.4 is 10.6 Å². The van der Waals surface area contributed by atoms with Crippen LogP contribution in [0.15, 0.2) is 0 Å². The fourth-order valence-electron chi connectivity index (χ4n) is 7.18. The Morgan fingerprint density at radius 3 is 1.69 bits per heavy atom. The van der Waals surface area contributed by atoms with Gasteiger partial charge >= 0.3 is 0 Å². The summed E-state index contributed by atoms with van der Waals surface area (Å²) in [5, 5.41) is 162. The van der Waals surface area contributed by atoms with Crippen LogP contribution >= 0.6 is 0 Å². The number of carbonyl (C=O) groups is 2. The summed E-state index contributed by atoms with van der Waals surface area (Å²) in [5.74, 6) is -1.57. The van der Waals surface area contributed by atoms with Gasteiger partial charge in [-0.25, -0.2) is 0 Å². The molecule has 2 amide bonds. The normalized spacial score (nSPS) is 44.1. The Bertz CT molecular complexity index is 1370. The van der Waals surface area contributed by atoms with E-state index >= 15 is 0 Å². The molecule has 0 aromatic rings. The Labute approximate surface area is 347 Å². The van der Waals surface area contributed by atoms with Gasteiger partial charge in [-0.1, -0.05) is 0 Å². The number of amides is 2. The Hall–Kier alpha value is -1.98. The van der Waals surface area contributed by atoms with Crippen molar-refractivity contribution in [1.82, 2.24) is 10.6 Å². The molecule has 4 rings (SSSR count). The quantitative estimate of drug-likeness (QED) is 0.0607. The highest BCUT2D eigenvalue weighted by atomic mass is 16.8. The standard InChI is InChI=1S/C34H60N2O25/c1-9-18(43)23(48)26(51)32(56-9)54-7-13(42)29(19(44)12(4-37)35-10(2)40)60-31-17(36-11(3)41)22(47)30(15(6-39)58-31)61-34-28(53)25(50)21(46)16(59-34)8-55-33-27(52)24(49)20(45)14(5-38)57-33/h9,12-34,37-39,42-53H,4-8H2,1-3H3,(H,35,40)(H,36,41)/t9-,12-,13+,14+,15+,16+,17+,18+,19+,20+,21+,22+,23+,24-,25-,26-,27-,28-,29+,30+,31?,32?,33?,34?/m0/s1. The summed E-state index contributed by atoms with van der Waals surface area (Å²) in [4.78, 5) is 24.3. The van der Waals surface area contributed by atoms with E-state index in [1.165, 1.54) is 6.92 Å². The first-order valence-corrected chi connectivity index (χ1v) is 19.4. The second kappa shape index (κ2) is 22.8. The van der Waals surface area contributed by atoms with Crippen molar-refractivity contribution in [3.63, 3.8) is 0 Å². The number of ether oxygens (including phenoxy) is 8. The highest BCUT2D eigenvalue weighted by molar-refractivity contribution is 5.73. The molecule has 356 valence electrons. The molecule has 61 heavy (non-hydrogen) atoms. The average molecular weight is 897 g/mol. The molecule has 0 saturated carbocycles. The summed E-state index contributed by atoms with van der Waals surface area (Å²) < 4.78 is 44.6. The number of aliphatic hydroxyl groups excluding tert-OH is 15.